The van der Waals surface area contributed by atoms with Crippen molar-refractivity contribution in [2.45, 2.75) is 50.9 Å². The van der Waals surface area contributed by atoms with Crippen LogP contribution in [0.4, 0.5) is 11.5 Å². The standard InChI is InChI=1S/C30H44N9O18P3S/c1-30(2,24(43)28(45)34-8-7-19(40)33-9-10-61-20(41)11-35-27(44)16-3-5-17(31)6-4-16)13-54-60(51,52)57-59(49,50)53-12-18-23(56-58(46,47)48)22(42)29(55-18)39-15-38-21-25(32)36-14-37-26(21)39/h3-6,14-15,18,22-24,29,42-43H,7-13,31H2,1-2H3,(H,33,40)(H,34,45)(H,35,44)(H,49,50)(H,51,52)(H2,32,36,37)(H2,46,47,48). The summed E-state index contributed by atoms with van der Waals surface area (Å²) in [6, 6.07) is 6.11. The van der Waals surface area contributed by atoms with Crippen LogP contribution in [0.15, 0.2) is 36.9 Å². The molecule has 3 aromatic rings. The molecule has 7 unspecified atom stereocenters. The molecule has 7 atom stereocenters. The van der Waals surface area contributed by atoms with Gasteiger partial charge in [-0.05, 0) is 24.3 Å². The van der Waals surface area contributed by atoms with Crippen LogP contribution in [-0.2, 0) is 50.7 Å². The Morgan fingerprint density at radius 2 is 1.64 bits per heavy atom. The number of phosphoric acid groups is 3. The zero-order valence-electron chi connectivity index (χ0n) is 32.1. The second-order valence-corrected chi connectivity index (χ2v) is 19.0. The van der Waals surface area contributed by atoms with Crippen LogP contribution in [0.5, 0.6) is 0 Å². The molecule has 4 rings (SSSR count). The third kappa shape index (κ3) is 14.8. The van der Waals surface area contributed by atoms with Crippen LogP contribution in [0.25, 0.3) is 11.2 Å². The molecule has 27 nitrogen and oxygen atoms in total. The van der Waals surface area contributed by atoms with E-state index < -0.39 is 90.5 Å². The summed E-state index contributed by atoms with van der Waals surface area (Å²) in [6.07, 6.45) is -7.10. The largest absolute Gasteiger partial charge is 0.481 e. The van der Waals surface area contributed by atoms with Gasteiger partial charge in [0.25, 0.3) is 5.91 Å². The summed E-state index contributed by atoms with van der Waals surface area (Å²) in [4.78, 5) is 99.9. The van der Waals surface area contributed by atoms with E-state index in [2.05, 4.69) is 39.7 Å². The maximum Gasteiger partial charge on any atom is 0.481 e. The number of aliphatic hydroxyl groups is 2. The summed E-state index contributed by atoms with van der Waals surface area (Å²) < 4.78 is 62.1. The van der Waals surface area contributed by atoms with Crippen molar-refractivity contribution in [2.24, 2.45) is 5.41 Å². The molecule has 1 aliphatic heterocycles. The van der Waals surface area contributed by atoms with Crippen molar-refractivity contribution in [3.63, 3.8) is 0 Å². The van der Waals surface area contributed by atoms with Gasteiger partial charge in [-0.3, -0.25) is 37.3 Å². The van der Waals surface area contributed by atoms with Crippen molar-refractivity contribution in [2.75, 3.05) is 50.1 Å². The molecule has 0 radical (unpaired) electrons. The molecule has 0 aliphatic carbocycles. The Kier molecular flexibility index (Phi) is 17.1. The first kappa shape index (κ1) is 49.7. The van der Waals surface area contributed by atoms with Gasteiger partial charge in [0.1, 0.15) is 36.3 Å². The number of ether oxygens (including phenoxy) is 1. The number of amides is 3. The van der Waals surface area contributed by atoms with Gasteiger partial charge in [0.2, 0.25) is 16.9 Å². The fourth-order valence-electron chi connectivity index (χ4n) is 5.24. The molecule has 1 aliphatic rings. The van der Waals surface area contributed by atoms with Gasteiger partial charge in [0.15, 0.2) is 17.7 Å². The minimum absolute atomic E-state index is 0.0199. The summed E-state index contributed by atoms with van der Waals surface area (Å²) in [5, 5.41) is 28.4. The van der Waals surface area contributed by atoms with Crippen molar-refractivity contribution in [1.82, 2.24) is 35.5 Å². The monoisotopic (exact) mass is 943 g/mol. The highest BCUT2D eigenvalue weighted by molar-refractivity contribution is 8.13. The maximum absolute atomic E-state index is 12.7. The van der Waals surface area contributed by atoms with E-state index >= 15 is 0 Å². The molecule has 1 saturated heterocycles. The Morgan fingerprint density at radius 1 is 0.967 bits per heavy atom. The summed E-state index contributed by atoms with van der Waals surface area (Å²) >= 11 is 0.875. The van der Waals surface area contributed by atoms with E-state index in [9.17, 15) is 62.7 Å². The van der Waals surface area contributed by atoms with E-state index in [0.717, 1.165) is 29.0 Å². The first-order chi connectivity index (χ1) is 28.4. The molecule has 0 bridgehead atoms. The van der Waals surface area contributed by atoms with Crippen LogP contribution >= 0.6 is 35.2 Å². The number of thioether (sulfide) groups is 1. The lowest BCUT2D eigenvalue weighted by atomic mass is 9.87. The molecule has 0 spiro atoms. The van der Waals surface area contributed by atoms with Gasteiger partial charge < -0.3 is 61.9 Å². The Balaban J connectivity index is 1.18. The van der Waals surface area contributed by atoms with Gasteiger partial charge in [-0.15, -0.1) is 0 Å². The van der Waals surface area contributed by atoms with Crippen LogP contribution in [0, 0.1) is 5.41 Å². The quantitative estimate of drug-likeness (QED) is 0.0316. The van der Waals surface area contributed by atoms with E-state index in [-0.39, 0.29) is 53.9 Å². The molecular weight excluding hydrogens is 899 g/mol. The minimum Gasteiger partial charge on any atom is -0.399 e. The average molecular weight is 944 g/mol. The maximum atomic E-state index is 12.7. The van der Waals surface area contributed by atoms with Crippen molar-refractivity contribution in [3.05, 3.63) is 42.5 Å². The summed E-state index contributed by atoms with van der Waals surface area (Å²) in [7, 11) is -16.5. The second-order valence-electron chi connectivity index (χ2n) is 13.6. The molecule has 2 aromatic heterocycles. The number of benzene rings is 1. The highest BCUT2D eigenvalue weighted by Crippen LogP contribution is 2.61. The third-order valence-electron chi connectivity index (χ3n) is 8.33. The van der Waals surface area contributed by atoms with Crippen molar-refractivity contribution in [1.29, 1.82) is 0 Å². The molecule has 338 valence electrons. The van der Waals surface area contributed by atoms with E-state index in [1.54, 1.807) is 12.1 Å². The lowest BCUT2D eigenvalue weighted by Crippen LogP contribution is -2.46. The number of nitrogens with zero attached hydrogens (tertiary/aromatic N) is 4. The number of imidazole rings is 1. The number of phosphoric ester groups is 3. The summed E-state index contributed by atoms with van der Waals surface area (Å²) in [5.74, 6) is -1.85. The number of carbonyl (C=O) groups excluding carboxylic acids is 4. The van der Waals surface area contributed by atoms with E-state index in [1.807, 2.05) is 0 Å². The third-order valence-corrected chi connectivity index (χ3v) is 12.3. The number of aromatic nitrogens is 4. The van der Waals surface area contributed by atoms with Crippen molar-refractivity contribution >= 4 is 80.7 Å². The first-order valence-corrected chi connectivity index (χ1v) is 23.1. The fourth-order valence-corrected chi connectivity index (χ4v) is 8.67. The van der Waals surface area contributed by atoms with Crippen LogP contribution in [-0.4, -0.2) is 135 Å². The zero-order chi connectivity index (χ0) is 45.3. The highest BCUT2D eigenvalue weighted by Gasteiger charge is 2.50. The predicted octanol–water partition coefficient (Wildman–Crippen LogP) is -1.32. The van der Waals surface area contributed by atoms with Gasteiger partial charge in [-0.1, -0.05) is 25.6 Å². The van der Waals surface area contributed by atoms with Gasteiger partial charge in [-0.25, -0.2) is 28.6 Å². The number of fused-ring (bicyclic) bond motifs is 1. The molecule has 31 heteroatoms. The summed E-state index contributed by atoms with van der Waals surface area (Å²) in [6.45, 7) is -0.0248. The fraction of sp³-hybridized carbons (Fsp3) is 0.500. The smallest absolute Gasteiger partial charge is 0.399 e. The SMILES string of the molecule is CC(C)(COP(=O)(O)OP(=O)(O)OCC1OC(n2cnc3c(N)ncnc32)C(O)C1OP(=O)(O)O)C(O)C(=O)NCCC(=O)NCCSC(=O)CNC(=O)c1ccc(N)cc1. The molecule has 3 amide bonds. The van der Waals surface area contributed by atoms with E-state index in [0.29, 0.717) is 11.3 Å². The number of aliphatic hydroxyl groups excluding tert-OH is 2. The Labute approximate surface area is 349 Å². The molecule has 13 N–H and O–H groups in total. The number of carbonyl (C=O) groups is 4. The van der Waals surface area contributed by atoms with Crippen LogP contribution in [0.3, 0.4) is 0 Å². The number of anilines is 2. The Bertz CT molecular complexity index is 2200. The zero-order valence-corrected chi connectivity index (χ0v) is 35.6. The molecular formula is C30H44N9O18P3S. The van der Waals surface area contributed by atoms with E-state index in [1.165, 1.54) is 26.0 Å². The molecule has 1 aromatic carbocycles. The topological polar surface area (TPSA) is 419 Å². The lowest BCUT2D eigenvalue weighted by molar-refractivity contribution is -0.137. The minimum atomic E-state index is -5.59. The number of hydrogen-bond donors (Lipinski definition) is 11. The van der Waals surface area contributed by atoms with E-state index in [4.69, 9.17) is 25.3 Å². The molecule has 1 fully saturated rings. The van der Waals surface area contributed by atoms with Crippen molar-refractivity contribution < 1.29 is 85.3 Å². The Hall–Kier alpha value is -3.95. The number of rotatable bonds is 22. The number of nitrogen functional groups attached to an aromatic ring is 2. The van der Waals surface area contributed by atoms with Crippen LogP contribution < -0.4 is 27.4 Å². The number of hydrogen-bond acceptors (Lipinski definition) is 20. The molecule has 0 saturated carbocycles. The normalized spacial score (nSPS) is 20.7. The molecule has 61 heavy (non-hydrogen) atoms. The van der Waals surface area contributed by atoms with Crippen LogP contribution in [0.2, 0.25) is 0 Å². The van der Waals surface area contributed by atoms with Gasteiger partial charge in [0, 0.05) is 41.9 Å². The highest BCUT2D eigenvalue weighted by atomic mass is 32.2. The van der Waals surface area contributed by atoms with Crippen molar-refractivity contribution in [3.8, 4) is 0 Å². The predicted molar refractivity (Wildman–Crippen MR) is 210 cm³/mol. The number of nitrogens with one attached hydrogen (secondary N) is 3. The summed E-state index contributed by atoms with van der Waals surface area (Å²) in [5.41, 5.74) is 10.6. The van der Waals surface area contributed by atoms with Gasteiger partial charge in [-0.2, -0.15) is 4.31 Å². The average Bonchev–Trinajstić information content (AvgIpc) is 3.73. The Morgan fingerprint density at radius 3 is 2.31 bits per heavy atom. The van der Waals surface area contributed by atoms with Gasteiger partial charge in [0.05, 0.1) is 26.1 Å². The molecule has 3 heterocycles. The van der Waals surface area contributed by atoms with Gasteiger partial charge >= 0.3 is 23.5 Å². The van der Waals surface area contributed by atoms with Crippen LogP contribution in [0.1, 0.15) is 36.9 Å². The second kappa shape index (κ2) is 20.9. The number of nitrogens with two attached hydrogens (primary N) is 2. The first-order valence-electron chi connectivity index (χ1n) is 17.6. The lowest BCUT2D eigenvalue weighted by Gasteiger charge is -2.30.